The van der Waals surface area contributed by atoms with E-state index in [1.807, 2.05) is 6.92 Å². The number of alkyl halides is 3. The van der Waals surface area contributed by atoms with Gasteiger partial charge in [0.1, 0.15) is 0 Å². The van der Waals surface area contributed by atoms with Gasteiger partial charge in [-0.1, -0.05) is 20.8 Å². The first kappa shape index (κ1) is 16.3. The second-order valence-electron chi connectivity index (χ2n) is 6.23. The van der Waals surface area contributed by atoms with Crippen molar-refractivity contribution in [2.75, 3.05) is 6.54 Å². The molecule has 6 heteroatoms. The Bertz CT molecular complexity index is 453. The van der Waals surface area contributed by atoms with E-state index < -0.39 is 11.9 Å². The summed E-state index contributed by atoms with van der Waals surface area (Å²) in [5.74, 6) is 1.09. The molecule has 1 heterocycles. The fourth-order valence-electron chi connectivity index (χ4n) is 3.25. The second kappa shape index (κ2) is 6.38. The maximum absolute atomic E-state index is 12.7. The van der Waals surface area contributed by atoms with Crippen LogP contribution in [0.4, 0.5) is 13.2 Å². The minimum Gasteiger partial charge on any atom is -0.312 e. The van der Waals surface area contributed by atoms with Gasteiger partial charge in [-0.2, -0.15) is 18.3 Å². The van der Waals surface area contributed by atoms with Crippen LogP contribution in [0.15, 0.2) is 12.3 Å². The standard InChI is InChI=1S/C15H24F3N3/c1-4-19-12-6-5-11(10(2)3)9-13(12)21-8-7-14(20-21)15(16,17)18/h7-8,10-13,19H,4-6,9H2,1-3H3. The van der Waals surface area contributed by atoms with Crippen molar-refractivity contribution in [1.29, 1.82) is 0 Å². The minimum atomic E-state index is -4.37. The molecule has 1 fully saturated rings. The van der Waals surface area contributed by atoms with Crippen LogP contribution >= 0.6 is 0 Å². The molecule has 0 amide bonds. The monoisotopic (exact) mass is 303 g/mol. The molecule has 1 saturated carbocycles. The van der Waals surface area contributed by atoms with Gasteiger partial charge in [-0.15, -0.1) is 0 Å². The SMILES string of the molecule is CCNC1CCC(C(C)C)CC1n1ccc(C(F)(F)F)n1. The molecule has 0 aliphatic heterocycles. The summed E-state index contributed by atoms with van der Waals surface area (Å²) in [6, 6.07) is 1.27. The van der Waals surface area contributed by atoms with Crippen molar-refractivity contribution in [3.05, 3.63) is 18.0 Å². The lowest BCUT2D eigenvalue weighted by atomic mass is 9.77. The molecule has 1 N–H and O–H groups in total. The van der Waals surface area contributed by atoms with Crippen molar-refractivity contribution in [3.63, 3.8) is 0 Å². The largest absolute Gasteiger partial charge is 0.435 e. The van der Waals surface area contributed by atoms with Gasteiger partial charge in [-0.3, -0.25) is 4.68 Å². The Hall–Kier alpha value is -1.04. The molecule has 0 radical (unpaired) electrons. The molecule has 3 unspecified atom stereocenters. The number of nitrogens with zero attached hydrogens (tertiary/aromatic N) is 2. The fourth-order valence-corrected chi connectivity index (χ4v) is 3.25. The van der Waals surface area contributed by atoms with Gasteiger partial charge in [-0.25, -0.2) is 0 Å². The number of hydrogen-bond acceptors (Lipinski definition) is 2. The number of likely N-dealkylation sites (N-methyl/N-ethyl adjacent to an activating group) is 1. The zero-order valence-corrected chi connectivity index (χ0v) is 12.8. The number of hydrogen-bond donors (Lipinski definition) is 1. The Morgan fingerprint density at radius 3 is 2.62 bits per heavy atom. The van der Waals surface area contributed by atoms with E-state index in [1.54, 1.807) is 0 Å². The van der Waals surface area contributed by atoms with E-state index in [0.29, 0.717) is 11.8 Å². The molecule has 2 rings (SSSR count). The van der Waals surface area contributed by atoms with Gasteiger partial charge in [0.2, 0.25) is 0 Å². The van der Waals surface area contributed by atoms with Crippen LogP contribution in [0.2, 0.25) is 0 Å². The summed E-state index contributed by atoms with van der Waals surface area (Å²) >= 11 is 0. The fraction of sp³-hybridized carbons (Fsp3) is 0.800. The molecule has 1 aromatic heterocycles. The smallest absolute Gasteiger partial charge is 0.312 e. The van der Waals surface area contributed by atoms with Gasteiger partial charge >= 0.3 is 6.18 Å². The lowest BCUT2D eigenvalue weighted by Crippen LogP contribution is -2.42. The van der Waals surface area contributed by atoms with Crippen LogP contribution in [0.3, 0.4) is 0 Å². The highest BCUT2D eigenvalue weighted by Gasteiger charge is 2.37. The van der Waals surface area contributed by atoms with Gasteiger partial charge in [0.05, 0.1) is 6.04 Å². The van der Waals surface area contributed by atoms with E-state index in [-0.39, 0.29) is 12.1 Å². The Morgan fingerprint density at radius 1 is 1.38 bits per heavy atom. The van der Waals surface area contributed by atoms with Crippen LogP contribution in [-0.2, 0) is 6.18 Å². The first-order valence-corrected chi connectivity index (χ1v) is 7.68. The van der Waals surface area contributed by atoms with Crippen LogP contribution in [0.5, 0.6) is 0 Å². The van der Waals surface area contributed by atoms with Crippen molar-refractivity contribution in [2.45, 2.75) is 58.3 Å². The summed E-state index contributed by atoms with van der Waals surface area (Å²) in [4.78, 5) is 0. The van der Waals surface area contributed by atoms with Gasteiger partial charge < -0.3 is 5.32 Å². The van der Waals surface area contributed by atoms with Crippen molar-refractivity contribution >= 4 is 0 Å². The molecule has 1 aromatic rings. The zero-order chi connectivity index (χ0) is 15.6. The highest BCUT2D eigenvalue weighted by molar-refractivity contribution is 5.05. The molecule has 21 heavy (non-hydrogen) atoms. The number of halogens is 3. The van der Waals surface area contributed by atoms with Crippen molar-refractivity contribution in [1.82, 2.24) is 15.1 Å². The van der Waals surface area contributed by atoms with E-state index in [2.05, 4.69) is 24.3 Å². The minimum absolute atomic E-state index is 0.00204. The summed E-state index contributed by atoms with van der Waals surface area (Å²) in [5, 5.41) is 7.18. The molecular weight excluding hydrogens is 279 g/mol. The third kappa shape index (κ3) is 3.78. The first-order valence-electron chi connectivity index (χ1n) is 7.68. The van der Waals surface area contributed by atoms with Crippen molar-refractivity contribution < 1.29 is 13.2 Å². The Kier molecular flexibility index (Phi) is 4.96. The predicted molar refractivity (Wildman–Crippen MR) is 75.9 cm³/mol. The third-order valence-corrected chi connectivity index (χ3v) is 4.50. The average Bonchev–Trinajstić information content (AvgIpc) is 2.88. The van der Waals surface area contributed by atoms with E-state index in [0.717, 1.165) is 31.9 Å². The first-order chi connectivity index (χ1) is 9.82. The summed E-state index contributed by atoms with van der Waals surface area (Å²) in [7, 11) is 0. The maximum Gasteiger partial charge on any atom is 0.435 e. The van der Waals surface area contributed by atoms with E-state index >= 15 is 0 Å². The second-order valence-corrected chi connectivity index (χ2v) is 6.23. The molecule has 0 aromatic carbocycles. The van der Waals surface area contributed by atoms with Crippen LogP contribution in [0.25, 0.3) is 0 Å². The summed E-state index contributed by atoms with van der Waals surface area (Å²) in [6.07, 6.45) is 0.0989. The van der Waals surface area contributed by atoms with Gasteiger partial charge in [0.15, 0.2) is 5.69 Å². The normalized spacial score (nSPS) is 27.3. The molecular formula is C15H24F3N3. The van der Waals surface area contributed by atoms with Crippen LogP contribution in [-0.4, -0.2) is 22.4 Å². The molecule has 120 valence electrons. The number of aromatic nitrogens is 2. The van der Waals surface area contributed by atoms with Gasteiger partial charge in [-0.05, 0) is 43.7 Å². The highest BCUT2D eigenvalue weighted by Crippen LogP contribution is 2.37. The third-order valence-electron chi connectivity index (χ3n) is 4.50. The van der Waals surface area contributed by atoms with Crippen molar-refractivity contribution in [3.8, 4) is 0 Å². The quantitative estimate of drug-likeness (QED) is 0.915. The lowest BCUT2D eigenvalue weighted by molar-refractivity contribution is -0.141. The lowest BCUT2D eigenvalue weighted by Gasteiger charge is -2.38. The molecule has 1 aliphatic rings. The van der Waals surface area contributed by atoms with Crippen LogP contribution < -0.4 is 5.32 Å². The molecule has 0 bridgehead atoms. The Labute approximate surface area is 123 Å². The summed E-state index contributed by atoms with van der Waals surface area (Å²) in [5.41, 5.74) is -0.801. The molecule has 3 atom stereocenters. The van der Waals surface area contributed by atoms with Crippen molar-refractivity contribution in [2.24, 2.45) is 11.8 Å². The molecule has 0 spiro atoms. The van der Waals surface area contributed by atoms with E-state index in [4.69, 9.17) is 0 Å². The molecule has 3 nitrogen and oxygen atoms in total. The topological polar surface area (TPSA) is 29.9 Å². The van der Waals surface area contributed by atoms with Gasteiger partial charge in [0.25, 0.3) is 0 Å². The number of nitrogens with one attached hydrogen (secondary N) is 1. The maximum atomic E-state index is 12.7. The van der Waals surface area contributed by atoms with Crippen LogP contribution in [0, 0.1) is 11.8 Å². The summed E-state index contributed by atoms with van der Waals surface area (Å²) in [6.45, 7) is 7.20. The molecule has 1 aliphatic carbocycles. The molecule has 0 saturated heterocycles. The number of rotatable bonds is 4. The summed E-state index contributed by atoms with van der Waals surface area (Å²) < 4.78 is 39.7. The average molecular weight is 303 g/mol. The Balaban J connectivity index is 2.20. The van der Waals surface area contributed by atoms with E-state index in [9.17, 15) is 13.2 Å². The zero-order valence-electron chi connectivity index (χ0n) is 12.8. The van der Waals surface area contributed by atoms with Crippen LogP contribution in [0.1, 0.15) is 51.8 Å². The highest BCUT2D eigenvalue weighted by atomic mass is 19.4. The van der Waals surface area contributed by atoms with Gasteiger partial charge in [0, 0.05) is 12.2 Å². The predicted octanol–water partition coefficient (Wildman–Crippen LogP) is 3.88. The van der Waals surface area contributed by atoms with E-state index in [1.165, 1.54) is 10.9 Å². The Morgan fingerprint density at radius 2 is 2.10 bits per heavy atom.